The van der Waals surface area contributed by atoms with Crippen LogP contribution in [0.2, 0.25) is 0 Å². The van der Waals surface area contributed by atoms with E-state index in [1.807, 2.05) is 17.9 Å². The largest absolute Gasteiger partial charge is 0.469 e. The molecule has 2 heterocycles. The second-order valence-electron chi connectivity index (χ2n) is 5.75. The van der Waals surface area contributed by atoms with Crippen LogP contribution in [0.4, 0.5) is 0 Å². The van der Waals surface area contributed by atoms with Crippen molar-refractivity contribution >= 4 is 5.91 Å². The van der Waals surface area contributed by atoms with Gasteiger partial charge in [-0.2, -0.15) is 0 Å². The van der Waals surface area contributed by atoms with Crippen LogP contribution in [0.3, 0.4) is 0 Å². The Morgan fingerprint density at radius 3 is 2.89 bits per heavy atom. The zero-order valence-corrected chi connectivity index (χ0v) is 10.8. The highest BCUT2D eigenvalue weighted by Gasteiger charge is 2.38. The first-order valence-corrected chi connectivity index (χ1v) is 6.73. The summed E-state index contributed by atoms with van der Waals surface area (Å²) in [6.45, 7) is 3.61. The van der Waals surface area contributed by atoms with E-state index in [2.05, 4.69) is 0 Å². The summed E-state index contributed by atoms with van der Waals surface area (Å²) in [6.07, 6.45) is 4.90. The summed E-state index contributed by atoms with van der Waals surface area (Å²) in [5.74, 6) is 2.15. The topological polar surface area (TPSA) is 59.5 Å². The number of hydrogen-bond donors (Lipinski definition) is 1. The highest BCUT2D eigenvalue weighted by Crippen LogP contribution is 2.36. The van der Waals surface area contributed by atoms with Gasteiger partial charge < -0.3 is 15.1 Å². The van der Waals surface area contributed by atoms with E-state index in [0.717, 1.165) is 31.7 Å². The van der Waals surface area contributed by atoms with Gasteiger partial charge in [-0.1, -0.05) is 0 Å². The average Bonchev–Trinajstić information content (AvgIpc) is 2.93. The maximum Gasteiger partial charge on any atom is 0.257 e. The van der Waals surface area contributed by atoms with E-state index >= 15 is 0 Å². The molecule has 0 spiro atoms. The van der Waals surface area contributed by atoms with E-state index in [9.17, 15) is 4.79 Å². The van der Waals surface area contributed by atoms with Crippen LogP contribution in [0.5, 0.6) is 0 Å². The molecule has 2 fully saturated rings. The van der Waals surface area contributed by atoms with Gasteiger partial charge in [-0.05, 0) is 44.1 Å². The number of carbonyl (C=O) groups excluding carboxylic acids is 1. The third-order valence-electron chi connectivity index (χ3n) is 4.35. The van der Waals surface area contributed by atoms with E-state index in [-0.39, 0.29) is 5.91 Å². The van der Waals surface area contributed by atoms with E-state index in [1.165, 1.54) is 6.42 Å². The van der Waals surface area contributed by atoms with Crippen LogP contribution >= 0.6 is 0 Å². The Balaban J connectivity index is 1.70. The number of amides is 1. The number of carbonyl (C=O) groups is 1. The highest BCUT2D eigenvalue weighted by atomic mass is 16.3. The van der Waals surface area contributed by atoms with Gasteiger partial charge in [-0.25, -0.2) is 0 Å². The number of fused-ring (bicyclic) bond motifs is 1. The van der Waals surface area contributed by atoms with Crippen molar-refractivity contribution in [3.63, 3.8) is 0 Å². The van der Waals surface area contributed by atoms with Gasteiger partial charge in [0.25, 0.3) is 5.91 Å². The van der Waals surface area contributed by atoms with Crippen molar-refractivity contribution in [3.8, 4) is 0 Å². The Labute approximate surface area is 107 Å². The normalized spacial score (nSPS) is 31.4. The molecule has 2 N–H and O–H groups in total. The van der Waals surface area contributed by atoms with Crippen molar-refractivity contribution in [2.75, 3.05) is 13.1 Å². The SMILES string of the molecule is Cc1cc(C(=O)N2C[C@H]3CCC(N)C[C@H]3C2)co1. The number of likely N-dealkylation sites (tertiary alicyclic amines) is 1. The molecule has 3 rings (SSSR count). The van der Waals surface area contributed by atoms with E-state index < -0.39 is 0 Å². The third-order valence-corrected chi connectivity index (χ3v) is 4.35. The summed E-state index contributed by atoms with van der Waals surface area (Å²) in [7, 11) is 0. The lowest BCUT2D eigenvalue weighted by Crippen LogP contribution is -2.32. The van der Waals surface area contributed by atoms with Crippen LogP contribution in [0.15, 0.2) is 16.7 Å². The molecule has 98 valence electrons. The van der Waals surface area contributed by atoms with Crippen LogP contribution in [0, 0.1) is 18.8 Å². The predicted molar refractivity (Wildman–Crippen MR) is 68.2 cm³/mol. The van der Waals surface area contributed by atoms with Gasteiger partial charge in [-0.3, -0.25) is 4.79 Å². The van der Waals surface area contributed by atoms with Crippen LogP contribution in [0.1, 0.15) is 35.4 Å². The molecule has 1 amide bonds. The van der Waals surface area contributed by atoms with Crippen LogP contribution in [-0.4, -0.2) is 29.9 Å². The maximum absolute atomic E-state index is 12.3. The van der Waals surface area contributed by atoms with Crippen LogP contribution in [0.25, 0.3) is 0 Å². The number of aryl methyl sites for hydroxylation is 1. The number of furan rings is 1. The molecule has 0 aromatic carbocycles. The first-order valence-electron chi connectivity index (χ1n) is 6.73. The molecule has 1 aromatic heterocycles. The average molecular weight is 248 g/mol. The highest BCUT2D eigenvalue weighted by molar-refractivity contribution is 5.94. The van der Waals surface area contributed by atoms with Crippen molar-refractivity contribution < 1.29 is 9.21 Å². The van der Waals surface area contributed by atoms with Crippen LogP contribution in [-0.2, 0) is 0 Å². The first kappa shape index (κ1) is 11.8. The Morgan fingerprint density at radius 1 is 1.39 bits per heavy atom. The molecule has 1 aliphatic heterocycles. The van der Waals surface area contributed by atoms with Gasteiger partial charge in [0.1, 0.15) is 12.0 Å². The molecule has 1 saturated heterocycles. The molecule has 0 radical (unpaired) electrons. The van der Waals surface area contributed by atoms with Crippen LogP contribution < -0.4 is 5.73 Å². The monoisotopic (exact) mass is 248 g/mol. The number of nitrogens with two attached hydrogens (primary N) is 1. The number of nitrogens with zero attached hydrogens (tertiary/aromatic N) is 1. The third kappa shape index (κ3) is 2.05. The lowest BCUT2D eigenvalue weighted by Gasteiger charge is -2.27. The zero-order chi connectivity index (χ0) is 12.7. The molecular formula is C14H20N2O2. The fourth-order valence-electron chi connectivity index (χ4n) is 3.37. The number of rotatable bonds is 1. The lowest BCUT2D eigenvalue weighted by molar-refractivity contribution is 0.0783. The lowest BCUT2D eigenvalue weighted by atomic mass is 9.79. The second kappa shape index (κ2) is 4.43. The Bertz CT molecular complexity index is 454. The molecule has 2 aliphatic rings. The van der Waals surface area contributed by atoms with Crippen molar-refractivity contribution in [1.82, 2.24) is 4.90 Å². The quantitative estimate of drug-likeness (QED) is 0.824. The molecule has 4 nitrogen and oxygen atoms in total. The fraction of sp³-hybridized carbons (Fsp3) is 0.643. The molecular weight excluding hydrogens is 228 g/mol. The minimum absolute atomic E-state index is 0.106. The maximum atomic E-state index is 12.3. The Hall–Kier alpha value is -1.29. The van der Waals surface area contributed by atoms with Crippen molar-refractivity contribution in [2.45, 2.75) is 32.2 Å². The molecule has 3 atom stereocenters. The zero-order valence-electron chi connectivity index (χ0n) is 10.8. The molecule has 0 bridgehead atoms. The summed E-state index contributed by atoms with van der Waals surface area (Å²) >= 11 is 0. The smallest absolute Gasteiger partial charge is 0.257 e. The second-order valence-corrected chi connectivity index (χ2v) is 5.75. The minimum Gasteiger partial charge on any atom is -0.469 e. The van der Waals surface area contributed by atoms with Gasteiger partial charge in [0.05, 0.1) is 5.56 Å². The van der Waals surface area contributed by atoms with Gasteiger partial charge in [-0.15, -0.1) is 0 Å². The summed E-state index contributed by atoms with van der Waals surface area (Å²) in [5, 5.41) is 0. The molecule has 1 saturated carbocycles. The molecule has 4 heteroatoms. The Kier molecular flexibility index (Phi) is 2.90. The molecule has 1 unspecified atom stereocenters. The summed E-state index contributed by atoms with van der Waals surface area (Å²) in [5.41, 5.74) is 6.68. The summed E-state index contributed by atoms with van der Waals surface area (Å²) in [6, 6.07) is 2.15. The summed E-state index contributed by atoms with van der Waals surface area (Å²) in [4.78, 5) is 14.3. The van der Waals surface area contributed by atoms with E-state index in [4.69, 9.17) is 10.2 Å². The van der Waals surface area contributed by atoms with Gasteiger partial charge >= 0.3 is 0 Å². The fourth-order valence-corrected chi connectivity index (χ4v) is 3.37. The molecule has 1 aromatic rings. The van der Waals surface area contributed by atoms with Gasteiger partial charge in [0.2, 0.25) is 0 Å². The van der Waals surface area contributed by atoms with Crippen molar-refractivity contribution in [1.29, 1.82) is 0 Å². The van der Waals surface area contributed by atoms with Gasteiger partial charge in [0.15, 0.2) is 0 Å². The Morgan fingerprint density at radius 2 is 2.17 bits per heavy atom. The van der Waals surface area contributed by atoms with Crippen molar-refractivity contribution in [3.05, 3.63) is 23.7 Å². The van der Waals surface area contributed by atoms with E-state index in [1.54, 1.807) is 6.26 Å². The van der Waals surface area contributed by atoms with Gasteiger partial charge in [0, 0.05) is 19.1 Å². The summed E-state index contributed by atoms with van der Waals surface area (Å²) < 4.78 is 5.21. The molecule has 18 heavy (non-hydrogen) atoms. The van der Waals surface area contributed by atoms with E-state index in [0.29, 0.717) is 23.4 Å². The predicted octanol–water partition coefficient (Wildman–Crippen LogP) is 1.79. The minimum atomic E-state index is 0.106. The number of hydrogen-bond acceptors (Lipinski definition) is 3. The molecule has 1 aliphatic carbocycles. The first-order chi connectivity index (χ1) is 8.63. The standard InChI is InChI=1S/C14H20N2O2/c1-9-4-12(8-18-9)14(17)16-6-10-2-3-13(15)5-11(10)7-16/h4,8,10-11,13H,2-3,5-7,15H2,1H3/t10-,11+,13?/m1/s1. The van der Waals surface area contributed by atoms with Crippen molar-refractivity contribution in [2.24, 2.45) is 17.6 Å².